The Morgan fingerprint density at radius 1 is 1.11 bits per heavy atom. The number of para-hydroxylation sites is 1. The molecule has 2 heterocycles. The topological polar surface area (TPSA) is 96.3 Å². The first-order valence-electron chi connectivity index (χ1n) is 8.59. The van der Waals surface area contributed by atoms with Gasteiger partial charge in [-0.05, 0) is 30.7 Å². The fourth-order valence-electron chi connectivity index (χ4n) is 2.71. The molecule has 138 valence electrons. The molecular weight excluding hydrogens is 344 g/mol. The van der Waals surface area contributed by atoms with Crippen molar-refractivity contribution in [3.63, 3.8) is 0 Å². The third-order valence-electron chi connectivity index (χ3n) is 3.96. The van der Waals surface area contributed by atoms with Gasteiger partial charge in [0.2, 0.25) is 12.3 Å². The highest BCUT2D eigenvalue weighted by Gasteiger charge is 2.11. The van der Waals surface area contributed by atoms with Crippen molar-refractivity contribution >= 4 is 18.1 Å². The van der Waals surface area contributed by atoms with Gasteiger partial charge in [-0.2, -0.15) is 0 Å². The van der Waals surface area contributed by atoms with Crippen molar-refractivity contribution in [2.24, 2.45) is 0 Å². The lowest BCUT2D eigenvalue weighted by atomic mass is 10.1. The van der Waals surface area contributed by atoms with Gasteiger partial charge in [-0.15, -0.1) is 5.10 Å². The van der Waals surface area contributed by atoms with E-state index in [1.807, 2.05) is 36.4 Å². The van der Waals surface area contributed by atoms with E-state index < -0.39 is 0 Å². The Balaban J connectivity index is 0.000000299. The van der Waals surface area contributed by atoms with Crippen LogP contribution in [0.1, 0.15) is 12.8 Å². The van der Waals surface area contributed by atoms with E-state index in [0.29, 0.717) is 12.2 Å². The SMILES string of the molecule is O=C1CCCN1.O=CNc1cc(-c2cccc(O)c2)n(-c2ccccc2)n1. The highest BCUT2D eigenvalue weighted by Crippen LogP contribution is 2.28. The van der Waals surface area contributed by atoms with Gasteiger partial charge < -0.3 is 15.7 Å². The molecule has 0 spiro atoms. The predicted molar refractivity (Wildman–Crippen MR) is 103 cm³/mol. The van der Waals surface area contributed by atoms with E-state index in [9.17, 15) is 14.7 Å². The molecular formula is C20H20N4O3. The van der Waals surface area contributed by atoms with Crippen LogP contribution >= 0.6 is 0 Å². The fourth-order valence-corrected chi connectivity index (χ4v) is 2.71. The number of rotatable bonds is 4. The van der Waals surface area contributed by atoms with Gasteiger partial charge in [-0.1, -0.05) is 30.3 Å². The Kier molecular flexibility index (Phi) is 5.84. The number of carbonyl (C=O) groups is 2. The van der Waals surface area contributed by atoms with Crippen molar-refractivity contribution in [3.8, 4) is 22.7 Å². The first-order chi connectivity index (χ1) is 13.2. The van der Waals surface area contributed by atoms with Crippen LogP contribution in [0.2, 0.25) is 0 Å². The molecule has 0 aliphatic carbocycles. The molecule has 4 rings (SSSR count). The Morgan fingerprint density at radius 3 is 2.52 bits per heavy atom. The van der Waals surface area contributed by atoms with Gasteiger partial charge in [0, 0.05) is 24.6 Å². The van der Waals surface area contributed by atoms with E-state index in [0.717, 1.165) is 36.3 Å². The van der Waals surface area contributed by atoms with Crippen LogP contribution < -0.4 is 10.6 Å². The van der Waals surface area contributed by atoms with E-state index in [4.69, 9.17) is 0 Å². The zero-order chi connectivity index (χ0) is 19.1. The summed E-state index contributed by atoms with van der Waals surface area (Å²) in [4.78, 5) is 20.8. The van der Waals surface area contributed by atoms with Crippen molar-refractivity contribution in [1.82, 2.24) is 15.1 Å². The molecule has 2 amide bonds. The van der Waals surface area contributed by atoms with Crippen LogP contribution in [-0.2, 0) is 9.59 Å². The van der Waals surface area contributed by atoms with Gasteiger partial charge in [0.15, 0.2) is 5.82 Å². The molecule has 1 aliphatic rings. The normalized spacial score (nSPS) is 12.7. The first kappa shape index (κ1) is 18.2. The average molecular weight is 364 g/mol. The van der Waals surface area contributed by atoms with Crippen LogP contribution in [0.5, 0.6) is 5.75 Å². The number of hydrogen-bond acceptors (Lipinski definition) is 4. The molecule has 3 aromatic rings. The minimum absolute atomic E-state index is 0.179. The van der Waals surface area contributed by atoms with E-state index in [-0.39, 0.29) is 11.7 Å². The molecule has 0 radical (unpaired) electrons. The van der Waals surface area contributed by atoms with Gasteiger partial charge in [-0.3, -0.25) is 9.59 Å². The minimum Gasteiger partial charge on any atom is -0.508 e. The lowest BCUT2D eigenvalue weighted by Crippen LogP contribution is -2.12. The number of carbonyl (C=O) groups excluding carboxylic acids is 2. The van der Waals surface area contributed by atoms with Gasteiger partial charge >= 0.3 is 0 Å². The summed E-state index contributed by atoms with van der Waals surface area (Å²) in [5.41, 5.74) is 2.46. The molecule has 1 saturated heterocycles. The van der Waals surface area contributed by atoms with Gasteiger partial charge in [0.25, 0.3) is 0 Å². The van der Waals surface area contributed by atoms with Crippen molar-refractivity contribution in [2.45, 2.75) is 12.8 Å². The fraction of sp³-hybridized carbons (Fsp3) is 0.150. The van der Waals surface area contributed by atoms with Gasteiger partial charge in [0.1, 0.15) is 5.75 Å². The average Bonchev–Trinajstić information content (AvgIpc) is 3.33. The van der Waals surface area contributed by atoms with E-state index >= 15 is 0 Å². The monoisotopic (exact) mass is 364 g/mol. The second-order valence-corrected chi connectivity index (χ2v) is 5.93. The van der Waals surface area contributed by atoms with Crippen LogP contribution in [0.15, 0.2) is 60.7 Å². The molecule has 0 saturated carbocycles. The number of hydrogen-bond donors (Lipinski definition) is 3. The Hall–Kier alpha value is -3.61. The van der Waals surface area contributed by atoms with Gasteiger partial charge in [0.05, 0.1) is 11.4 Å². The minimum atomic E-state index is 0.179. The van der Waals surface area contributed by atoms with E-state index in [2.05, 4.69) is 15.7 Å². The van der Waals surface area contributed by atoms with Gasteiger partial charge in [-0.25, -0.2) is 4.68 Å². The number of aromatic nitrogens is 2. The zero-order valence-electron chi connectivity index (χ0n) is 14.6. The third-order valence-corrected chi connectivity index (χ3v) is 3.96. The number of anilines is 1. The molecule has 1 aliphatic heterocycles. The van der Waals surface area contributed by atoms with Crippen molar-refractivity contribution in [2.75, 3.05) is 11.9 Å². The quantitative estimate of drug-likeness (QED) is 0.620. The number of phenolic OH excluding ortho intramolecular Hbond substituents is 1. The molecule has 0 bridgehead atoms. The Bertz CT molecular complexity index is 914. The molecule has 7 nitrogen and oxygen atoms in total. The predicted octanol–water partition coefficient (Wildman–Crippen LogP) is 2.71. The van der Waals surface area contributed by atoms with Crippen LogP contribution in [0, 0.1) is 0 Å². The highest BCUT2D eigenvalue weighted by molar-refractivity contribution is 5.77. The van der Waals surface area contributed by atoms with Crippen molar-refractivity contribution < 1.29 is 14.7 Å². The molecule has 1 aromatic heterocycles. The number of amides is 2. The van der Waals surface area contributed by atoms with Crippen molar-refractivity contribution in [1.29, 1.82) is 0 Å². The summed E-state index contributed by atoms with van der Waals surface area (Å²) in [6.45, 7) is 0.888. The van der Waals surface area contributed by atoms with E-state index in [1.54, 1.807) is 28.9 Å². The lowest BCUT2D eigenvalue weighted by Gasteiger charge is -2.07. The summed E-state index contributed by atoms with van der Waals surface area (Å²) in [7, 11) is 0. The number of benzene rings is 2. The molecule has 1 fully saturated rings. The molecule has 27 heavy (non-hydrogen) atoms. The first-order valence-corrected chi connectivity index (χ1v) is 8.59. The summed E-state index contributed by atoms with van der Waals surface area (Å²) in [5, 5.41) is 19.2. The molecule has 7 heteroatoms. The largest absolute Gasteiger partial charge is 0.508 e. The Labute approximate surface area is 156 Å². The highest BCUT2D eigenvalue weighted by atomic mass is 16.3. The summed E-state index contributed by atoms with van der Waals surface area (Å²) in [5.74, 6) is 0.834. The zero-order valence-corrected chi connectivity index (χ0v) is 14.6. The molecule has 3 N–H and O–H groups in total. The standard InChI is InChI=1S/C16H13N3O2.C4H7NO/c20-11-17-16-10-15(12-5-4-8-14(21)9-12)19(18-16)13-6-2-1-3-7-13;6-4-2-1-3-5-4/h1-11,21H,(H,17,18,20);1-3H2,(H,5,6). The van der Waals surface area contributed by atoms with Crippen molar-refractivity contribution in [3.05, 3.63) is 60.7 Å². The summed E-state index contributed by atoms with van der Waals surface area (Å²) in [6, 6.07) is 18.3. The summed E-state index contributed by atoms with van der Waals surface area (Å²) >= 11 is 0. The Morgan fingerprint density at radius 2 is 1.93 bits per heavy atom. The second kappa shape index (κ2) is 8.66. The number of aromatic hydroxyl groups is 1. The summed E-state index contributed by atoms with van der Waals surface area (Å²) < 4.78 is 1.72. The van der Waals surface area contributed by atoms with Crippen LogP contribution in [-0.4, -0.2) is 33.7 Å². The maximum Gasteiger partial charge on any atom is 0.220 e. The second-order valence-electron chi connectivity index (χ2n) is 5.93. The lowest BCUT2D eigenvalue weighted by molar-refractivity contribution is -0.119. The third kappa shape index (κ3) is 4.72. The van der Waals surface area contributed by atoms with Crippen LogP contribution in [0.3, 0.4) is 0 Å². The maximum absolute atomic E-state index is 10.6. The van der Waals surface area contributed by atoms with Crippen LogP contribution in [0.4, 0.5) is 5.82 Å². The van der Waals surface area contributed by atoms with Crippen LogP contribution in [0.25, 0.3) is 16.9 Å². The maximum atomic E-state index is 10.6. The number of nitrogens with zero attached hydrogens (tertiary/aromatic N) is 2. The van der Waals surface area contributed by atoms with E-state index in [1.165, 1.54) is 0 Å². The summed E-state index contributed by atoms with van der Waals surface area (Å²) in [6.07, 6.45) is 2.35. The molecule has 2 aromatic carbocycles. The molecule has 0 atom stereocenters. The smallest absolute Gasteiger partial charge is 0.220 e. The number of nitrogens with one attached hydrogen (secondary N) is 2. The molecule has 0 unspecified atom stereocenters. The number of phenols is 1.